The fourth-order valence-corrected chi connectivity index (χ4v) is 4.38. The van der Waals surface area contributed by atoms with Crippen molar-refractivity contribution in [3.8, 4) is 5.75 Å². The third-order valence-electron chi connectivity index (χ3n) is 3.59. The molecule has 0 aromatic heterocycles. The molecule has 0 aliphatic carbocycles. The number of amides is 1. The maximum Gasteiger partial charge on any atom is 0.252 e. The van der Waals surface area contributed by atoms with Crippen LogP contribution < -0.4 is 15.4 Å². The Morgan fingerprint density at radius 2 is 1.92 bits per heavy atom. The van der Waals surface area contributed by atoms with Gasteiger partial charge in [0, 0.05) is 11.6 Å². The molecule has 1 amide bonds. The van der Waals surface area contributed by atoms with Crippen molar-refractivity contribution >= 4 is 50.5 Å². The standard InChI is InChI=1S/C14H17Cl3N2O4S/c1-23-11-4-2-9(3-5-11)12(20)19-13(14(15,16)17)18-10-6-7-24(21,22)8-10/h2-5,10,13,18H,6-8H2,1H3,(H,19,20)/t10-,13+/m0/s1. The maximum atomic E-state index is 12.3. The highest BCUT2D eigenvalue weighted by Gasteiger charge is 2.38. The van der Waals surface area contributed by atoms with Gasteiger partial charge < -0.3 is 10.1 Å². The Morgan fingerprint density at radius 1 is 1.29 bits per heavy atom. The molecule has 0 bridgehead atoms. The monoisotopic (exact) mass is 414 g/mol. The molecule has 1 aromatic carbocycles. The SMILES string of the molecule is COc1ccc(C(=O)N[C@@H](N[C@H]2CCS(=O)(=O)C2)C(Cl)(Cl)Cl)cc1. The molecule has 2 N–H and O–H groups in total. The van der Waals surface area contributed by atoms with Crippen molar-refractivity contribution in [1.29, 1.82) is 0 Å². The van der Waals surface area contributed by atoms with Crippen LogP contribution in [0, 0.1) is 0 Å². The van der Waals surface area contributed by atoms with Crippen LogP contribution in [0.5, 0.6) is 5.75 Å². The van der Waals surface area contributed by atoms with Crippen molar-refractivity contribution < 1.29 is 17.9 Å². The van der Waals surface area contributed by atoms with Crippen molar-refractivity contribution in [2.45, 2.75) is 22.4 Å². The zero-order valence-electron chi connectivity index (χ0n) is 12.8. The summed E-state index contributed by atoms with van der Waals surface area (Å²) < 4.78 is 26.3. The number of alkyl halides is 3. The molecule has 0 spiro atoms. The molecule has 1 aliphatic rings. The minimum atomic E-state index is -3.09. The van der Waals surface area contributed by atoms with E-state index < -0.39 is 25.7 Å². The highest BCUT2D eigenvalue weighted by Crippen LogP contribution is 2.30. The van der Waals surface area contributed by atoms with E-state index in [1.54, 1.807) is 24.3 Å². The fraction of sp³-hybridized carbons (Fsp3) is 0.500. The Morgan fingerprint density at radius 3 is 2.38 bits per heavy atom. The lowest BCUT2D eigenvalue weighted by Gasteiger charge is -2.29. The Hall–Kier alpha value is -0.730. The number of carbonyl (C=O) groups excluding carboxylic acids is 1. The number of methoxy groups -OCH3 is 1. The van der Waals surface area contributed by atoms with E-state index in [2.05, 4.69) is 10.6 Å². The molecule has 0 radical (unpaired) electrons. The zero-order valence-corrected chi connectivity index (χ0v) is 15.8. The molecule has 2 atom stereocenters. The first kappa shape index (κ1) is 19.6. The predicted molar refractivity (Wildman–Crippen MR) is 94.7 cm³/mol. The van der Waals surface area contributed by atoms with Crippen molar-refractivity contribution in [2.24, 2.45) is 0 Å². The summed E-state index contributed by atoms with van der Waals surface area (Å²) in [5, 5.41) is 5.49. The quantitative estimate of drug-likeness (QED) is 0.567. The van der Waals surface area contributed by atoms with Crippen LogP contribution in [0.15, 0.2) is 24.3 Å². The number of ether oxygens (including phenoxy) is 1. The van der Waals surface area contributed by atoms with Gasteiger partial charge in [0.1, 0.15) is 11.9 Å². The second-order valence-corrected chi connectivity index (χ2v) is 10.0. The molecule has 1 heterocycles. The van der Waals surface area contributed by atoms with Gasteiger partial charge in [0.05, 0.1) is 18.6 Å². The van der Waals surface area contributed by atoms with E-state index in [1.807, 2.05) is 0 Å². The minimum Gasteiger partial charge on any atom is -0.497 e. The number of benzene rings is 1. The van der Waals surface area contributed by atoms with Gasteiger partial charge in [-0.2, -0.15) is 0 Å². The minimum absolute atomic E-state index is 0.0529. The topological polar surface area (TPSA) is 84.5 Å². The van der Waals surface area contributed by atoms with E-state index in [4.69, 9.17) is 39.5 Å². The first-order valence-electron chi connectivity index (χ1n) is 7.09. The number of hydrogen-bond donors (Lipinski definition) is 2. The number of halogens is 3. The lowest BCUT2D eigenvalue weighted by molar-refractivity contribution is 0.0927. The van der Waals surface area contributed by atoms with Gasteiger partial charge in [-0.15, -0.1) is 0 Å². The summed E-state index contributed by atoms with van der Waals surface area (Å²) >= 11 is 17.7. The molecule has 1 fully saturated rings. The Labute approximate surface area is 155 Å². The van der Waals surface area contributed by atoms with Gasteiger partial charge in [0.2, 0.25) is 3.79 Å². The maximum absolute atomic E-state index is 12.3. The molecule has 0 unspecified atom stereocenters. The van der Waals surface area contributed by atoms with Crippen LogP contribution in [-0.4, -0.2) is 48.9 Å². The van der Waals surface area contributed by atoms with Crippen molar-refractivity contribution in [3.63, 3.8) is 0 Å². The van der Waals surface area contributed by atoms with Gasteiger partial charge in [0.25, 0.3) is 5.91 Å². The van der Waals surface area contributed by atoms with Crippen molar-refractivity contribution in [1.82, 2.24) is 10.6 Å². The van der Waals surface area contributed by atoms with Crippen LogP contribution >= 0.6 is 34.8 Å². The van der Waals surface area contributed by atoms with Gasteiger partial charge in [0.15, 0.2) is 9.84 Å². The van der Waals surface area contributed by atoms with Gasteiger partial charge in [-0.3, -0.25) is 10.1 Å². The van der Waals surface area contributed by atoms with Crippen molar-refractivity contribution in [3.05, 3.63) is 29.8 Å². The molecule has 0 saturated carbocycles. The molecular formula is C14H17Cl3N2O4S. The summed E-state index contributed by atoms with van der Waals surface area (Å²) in [6.07, 6.45) is -0.631. The fourth-order valence-electron chi connectivity index (χ4n) is 2.34. The normalized spacial score (nSPS) is 21.2. The van der Waals surface area contributed by atoms with Gasteiger partial charge in [-0.05, 0) is 30.7 Å². The smallest absolute Gasteiger partial charge is 0.252 e. The third-order valence-corrected chi connectivity index (χ3v) is 6.01. The second kappa shape index (κ2) is 7.66. The Kier molecular flexibility index (Phi) is 6.25. The molecule has 10 heteroatoms. The average molecular weight is 416 g/mol. The van der Waals surface area contributed by atoms with E-state index in [1.165, 1.54) is 7.11 Å². The van der Waals surface area contributed by atoms with E-state index >= 15 is 0 Å². The number of rotatable bonds is 5. The second-order valence-electron chi connectivity index (χ2n) is 5.44. The van der Waals surface area contributed by atoms with Crippen LogP contribution in [0.1, 0.15) is 16.8 Å². The number of sulfone groups is 1. The van der Waals surface area contributed by atoms with E-state index in [0.717, 1.165) is 0 Å². The highest BCUT2D eigenvalue weighted by atomic mass is 35.6. The van der Waals surface area contributed by atoms with Crippen molar-refractivity contribution in [2.75, 3.05) is 18.6 Å². The number of hydrogen-bond acceptors (Lipinski definition) is 5. The summed E-state index contributed by atoms with van der Waals surface area (Å²) in [7, 11) is -1.57. The Bertz CT molecular complexity index is 689. The highest BCUT2D eigenvalue weighted by molar-refractivity contribution is 7.91. The molecule has 1 saturated heterocycles. The van der Waals surface area contributed by atoms with Crippen LogP contribution in [0.25, 0.3) is 0 Å². The summed E-state index contributed by atoms with van der Waals surface area (Å²) in [5.41, 5.74) is 0.357. The van der Waals surface area contributed by atoms with Gasteiger partial charge in [-0.25, -0.2) is 8.42 Å². The van der Waals surface area contributed by atoms with Crippen LogP contribution in [0.2, 0.25) is 0 Å². The first-order valence-corrected chi connectivity index (χ1v) is 10.0. The van der Waals surface area contributed by atoms with E-state index in [0.29, 0.717) is 17.7 Å². The van der Waals surface area contributed by atoms with Crippen LogP contribution in [-0.2, 0) is 9.84 Å². The predicted octanol–water partition coefficient (Wildman–Crippen LogP) is 1.90. The number of nitrogens with one attached hydrogen (secondary N) is 2. The van der Waals surface area contributed by atoms with Crippen LogP contribution in [0.4, 0.5) is 0 Å². The average Bonchev–Trinajstić information content (AvgIpc) is 2.84. The summed E-state index contributed by atoms with van der Waals surface area (Å²) in [4.78, 5) is 12.3. The van der Waals surface area contributed by atoms with Gasteiger partial charge >= 0.3 is 0 Å². The van der Waals surface area contributed by atoms with Gasteiger partial charge in [-0.1, -0.05) is 34.8 Å². The first-order chi connectivity index (χ1) is 11.1. The molecule has 134 valence electrons. The lowest BCUT2D eigenvalue weighted by atomic mass is 10.2. The largest absolute Gasteiger partial charge is 0.497 e. The molecule has 1 aromatic rings. The molecule has 24 heavy (non-hydrogen) atoms. The summed E-state index contributed by atoms with van der Waals surface area (Å²) in [6, 6.07) is 6.03. The molecule has 2 rings (SSSR count). The summed E-state index contributed by atoms with van der Waals surface area (Å²) in [6.45, 7) is 0. The third kappa shape index (κ3) is 5.39. The van der Waals surface area contributed by atoms with Crippen LogP contribution in [0.3, 0.4) is 0 Å². The molecular weight excluding hydrogens is 399 g/mol. The summed E-state index contributed by atoms with van der Waals surface area (Å²) in [5.74, 6) is 0.174. The number of carbonyl (C=O) groups is 1. The Balaban J connectivity index is 2.06. The zero-order chi connectivity index (χ0) is 18.0. The van der Waals surface area contributed by atoms with E-state index in [9.17, 15) is 13.2 Å². The molecule has 1 aliphatic heterocycles. The molecule has 6 nitrogen and oxygen atoms in total. The van der Waals surface area contributed by atoms with E-state index in [-0.39, 0.29) is 17.5 Å². The lowest BCUT2D eigenvalue weighted by Crippen LogP contribution is -2.56.